The first-order chi connectivity index (χ1) is 12.1. The fraction of sp³-hybridized carbons (Fsp3) is 0. The summed E-state index contributed by atoms with van der Waals surface area (Å²) >= 11 is 24.8. The van der Waals surface area contributed by atoms with Gasteiger partial charge in [-0.3, -0.25) is 0 Å². The lowest BCUT2D eigenvalue weighted by Gasteiger charge is -2.27. The van der Waals surface area contributed by atoms with Gasteiger partial charge >= 0.3 is 7.66 Å². The topological polar surface area (TPSA) is 108 Å². The molecule has 2 aromatic rings. The average molecular weight is 493 g/mol. The molecule has 26 heavy (non-hydrogen) atoms. The molecule has 1 heterocycles. The van der Waals surface area contributed by atoms with Crippen LogP contribution in [-0.4, -0.2) is 0 Å². The fourth-order valence-electron chi connectivity index (χ4n) is 1.93. The number of para-hydroxylation sites is 4. The highest BCUT2D eigenvalue weighted by Crippen LogP contribution is 2.85. The van der Waals surface area contributed by atoms with Crippen LogP contribution in [0.5, 0.6) is 11.5 Å². The summed E-state index contributed by atoms with van der Waals surface area (Å²) in [5, 5.41) is 0. The Labute approximate surface area is 169 Å². The minimum atomic E-state index is -3.56. The molecular formula is C12H12Cl4N5O2P3. The third-order valence-corrected chi connectivity index (χ3v) is 13.9. The van der Waals surface area contributed by atoms with Crippen LogP contribution in [0.1, 0.15) is 0 Å². The summed E-state index contributed by atoms with van der Waals surface area (Å²) in [5.41, 5.74) is 12.6. The van der Waals surface area contributed by atoms with E-state index in [0.717, 1.165) is 0 Å². The van der Waals surface area contributed by atoms with Crippen molar-refractivity contribution >= 4 is 75.8 Å². The second-order valence-electron chi connectivity index (χ2n) is 4.93. The predicted molar refractivity (Wildman–Crippen MR) is 114 cm³/mol. The summed E-state index contributed by atoms with van der Waals surface area (Å²) < 4.78 is 24.3. The molecule has 0 spiro atoms. The van der Waals surface area contributed by atoms with Crippen molar-refractivity contribution < 1.29 is 9.05 Å². The van der Waals surface area contributed by atoms with E-state index >= 15 is 0 Å². The minimum Gasteiger partial charge on any atom is -0.411 e. The van der Waals surface area contributed by atoms with E-state index in [0.29, 0.717) is 11.4 Å². The number of hydrogen-bond donors (Lipinski definition) is 2. The summed E-state index contributed by atoms with van der Waals surface area (Å²) in [7, 11) is -3.56. The van der Waals surface area contributed by atoms with Crippen molar-refractivity contribution in [1.82, 2.24) is 0 Å². The Balaban J connectivity index is 2.19. The standard InChI is InChI=1S/C12H12Cl4N5O2P3/c13-24(14)19-25(15,16)21-26(20-24,22-11-7-3-1-5-9(11)17)23-12-8-4-2-6-10(12)18/h1-8H,17-18H2. The van der Waals surface area contributed by atoms with Gasteiger partial charge in [0.1, 0.15) is 0 Å². The number of anilines is 2. The Morgan fingerprint density at radius 1 is 0.654 bits per heavy atom. The van der Waals surface area contributed by atoms with Gasteiger partial charge in [-0.25, -0.2) is 0 Å². The second kappa shape index (κ2) is 7.48. The number of rotatable bonds is 4. The molecule has 4 N–H and O–H groups in total. The van der Waals surface area contributed by atoms with Crippen LogP contribution in [0, 0.1) is 0 Å². The zero-order chi connectivity index (χ0) is 19.0. The number of nitrogens with zero attached hydrogens (tertiary/aromatic N) is 3. The van der Waals surface area contributed by atoms with Gasteiger partial charge in [0.05, 0.1) is 11.4 Å². The van der Waals surface area contributed by atoms with E-state index in [-0.39, 0.29) is 11.5 Å². The van der Waals surface area contributed by atoms with Gasteiger partial charge in [-0.05, 0) is 69.2 Å². The largest absolute Gasteiger partial charge is 0.453 e. The highest BCUT2D eigenvalue weighted by molar-refractivity contribution is 8.20. The predicted octanol–water partition coefficient (Wildman–Crippen LogP) is 8.12. The zero-order valence-corrected chi connectivity index (χ0v) is 18.5. The van der Waals surface area contributed by atoms with E-state index in [2.05, 4.69) is 13.5 Å². The molecule has 0 amide bonds. The maximum absolute atomic E-state index is 6.20. The number of hydrogen-bond acceptors (Lipinski definition) is 7. The van der Waals surface area contributed by atoms with E-state index in [1.807, 2.05) is 0 Å². The highest BCUT2D eigenvalue weighted by atomic mass is 35.9. The lowest BCUT2D eigenvalue weighted by atomic mass is 10.3. The van der Waals surface area contributed by atoms with Crippen molar-refractivity contribution in [3.8, 4) is 11.5 Å². The third kappa shape index (κ3) is 4.85. The molecule has 7 nitrogen and oxygen atoms in total. The SMILES string of the molecule is Nc1ccccc1OP1(Oc2ccccc2N)=NP(Cl)(Cl)=NP(Cl)(Cl)=N1. The molecule has 140 valence electrons. The monoisotopic (exact) mass is 491 g/mol. The summed E-state index contributed by atoms with van der Waals surface area (Å²) in [6, 6.07) is 13.5. The first-order valence-corrected chi connectivity index (χ1v) is 15.4. The smallest absolute Gasteiger partial charge is 0.411 e. The lowest BCUT2D eigenvalue weighted by Crippen LogP contribution is -2.03. The van der Waals surface area contributed by atoms with Gasteiger partial charge in [0.2, 0.25) is 0 Å². The second-order valence-corrected chi connectivity index (χ2v) is 16.9. The molecule has 14 heteroatoms. The molecule has 2 aromatic carbocycles. The number of nitrogens with two attached hydrogens (primary N) is 2. The molecule has 0 unspecified atom stereocenters. The Morgan fingerprint density at radius 3 is 1.50 bits per heavy atom. The molecule has 0 saturated carbocycles. The molecule has 0 saturated heterocycles. The van der Waals surface area contributed by atoms with Crippen molar-refractivity contribution in [1.29, 1.82) is 0 Å². The number of halogens is 4. The van der Waals surface area contributed by atoms with Crippen molar-refractivity contribution in [2.75, 3.05) is 11.5 Å². The van der Waals surface area contributed by atoms with Crippen LogP contribution in [-0.2, 0) is 0 Å². The van der Waals surface area contributed by atoms with Gasteiger partial charge in [0.25, 0.3) is 11.8 Å². The molecule has 0 radical (unpaired) electrons. The van der Waals surface area contributed by atoms with Crippen LogP contribution in [0.15, 0.2) is 62.1 Å². The Hall–Kier alpha value is -0.510. The average Bonchev–Trinajstić information content (AvgIpc) is 2.49. The fourth-order valence-corrected chi connectivity index (χ4v) is 15.8. The van der Waals surface area contributed by atoms with Crippen molar-refractivity contribution in [3.05, 3.63) is 48.5 Å². The van der Waals surface area contributed by atoms with Crippen molar-refractivity contribution in [2.45, 2.75) is 0 Å². The van der Waals surface area contributed by atoms with Crippen molar-refractivity contribution in [3.63, 3.8) is 0 Å². The normalized spacial score (nSPS) is 19.4. The molecule has 1 aliphatic heterocycles. The van der Waals surface area contributed by atoms with Crippen LogP contribution in [0.4, 0.5) is 11.4 Å². The first kappa shape index (κ1) is 20.2. The van der Waals surface area contributed by atoms with Gasteiger partial charge in [-0.1, -0.05) is 24.3 Å². The zero-order valence-electron chi connectivity index (χ0n) is 12.8. The lowest BCUT2D eigenvalue weighted by molar-refractivity contribution is 0.481. The van der Waals surface area contributed by atoms with E-state index < -0.39 is 19.5 Å². The number of benzene rings is 2. The Morgan fingerprint density at radius 2 is 1.08 bits per heavy atom. The maximum Gasteiger partial charge on any atom is 0.453 e. The van der Waals surface area contributed by atoms with Crippen LogP contribution in [0.25, 0.3) is 0 Å². The van der Waals surface area contributed by atoms with Crippen LogP contribution in [0.2, 0.25) is 0 Å². The molecule has 0 aliphatic carbocycles. The Bertz CT molecular complexity index is 960. The van der Waals surface area contributed by atoms with Crippen LogP contribution < -0.4 is 20.5 Å². The van der Waals surface area contributed by atoms with Gasteiger partial charge in [-0.2, -0.15) is 4.52 Å². The van der Waals surface area contributed by atoms with E-state index in [9.17, 15) is 0 Å². The van der Waals surface area contributed by atoms with Crippen LogP contribution in [0.3, 0.4) is 0 Å². The van der Waals surface area contributed by atoms with Crippen molar-refractivity contribution in [2.24, 2.45) is 13.5 Å². The first-order valence-electron chi connectivity index (χ1n) is 6.88. The minimum absolute atomic E-state index is 0.270. The molecule has 3 rings (SSSR count). The van der Waals surface area contributed by atoms with Gasteiger partial charge < -0.3 is 20.5 Å². The molecular weight excluding hydrogens is 481 g/mol. The maximum atomic E-state index is 6.20. The Kier molecular flexibility index (Phi) is 5.82. The van der Waals surface area contributed by atoms with Gasteiger partial charge in [0, 0.05) is 0 Å². The third-order valence-electron chi connectivity index (χ3n) is 2.93. The van der Waals surface area contributed by atoms with E-state index in [1.54, 1.807) is 48.5 Å². The van der Waals surface area contributed by atoms with Crippen LogP contribution >= 0.6 is 64.4 Å². The number of nitrogen functional groups attached to an aromatic ring is 2. The quantitative estimate of drug-likeness (QED) is 0.331. The summed E-state index contributed by atoms with van der Waals surface area (Å²) in [6.45, 7) is 0. The van der Waals surface area contributed by atoms with E-state index in [1.165, 1.54) is 0 Å². The van der Waals surface area contributed by atoms with E-state index in [4.69, 9.17) is 65.5 Å². The summed E-state index contributed by atoms with van der Waals surface area (Å²) in [4.78, 5) is 0. The molecule has 0 atom stereocenters. The summed E-state index contributed by atoms with van der Waals surface area (Å²) in [5.74, 6) is -6.02. The molecule has 0 bridgehead atoms. The molecule has 1 aliphatic rings. The highest BCUT2D eigenvalue weighted by Gasteiger charge is 2.39. The van der Waals surface area contributed by atoms with Gasteiger partial charge in [0.15, 0.2) is 11.5 Å². The molecule has 0 aromatic heterocycles. The van der Waals surface area contributed by atoms with Gasteiger partial charge in [-0.15, -0.1) is 9.03 Å². The molecule has 0 fully saturated rings. The summed E-state index contributed by atoms with van der Waals surface area (Å²) in [6.07, 6.45) is 0.